The summed E-state index contributed by atoms with van der Waals surface area (Å²) in [5.74, 6) is 0.181. The third kappa shape index (κ3) is 2.45. The van der Waals surface area contributed by atoms with E-state index in [1.54, 1.807) is 4.52 Å². The predicted molar refractivity (Wildman–Crippen MR) is 106 cm³/mol. The van der Waals surface area contributed by atoms with Crippen LogP contribution < -0.4 is 11.1 Å². The molecule has 1 unspecified atom stereocenters. The average Bonchev–Trinajstić information content (AvgIpc) is 3.44. The first kappa shape index (κ1) is 16.8. The van der Waals surface area contributed by atoms with Crippen LogP contribution in [-0.2, 0) is 4.74 Å². The number of rotatable bonds is 4. The average molecular weight is 376 g/mol. The summed E-state index contributed by atoms with van der Waals surface area (Å²) >= 11 is 0. The highest BCUT2D eigenvalue weighted by Crippen LogP contribution is 2.35. The molecule has 1 aromatic carbocycles. The Morgan fingerprint density at radius 1 is 1.36 bits per heavy atom. The number of ether oxygens (including phenoxy) is 1. The monoisotopic (exact) mass is 376 g/mol. The number of fused-ring (bicyclic) bond motifs is 2. The minimum absolute atomic E-state index is 0.297. The van der Waals surface area contributed by atoms with Gasteiger partial charge >= 0.3 is 0 Å². The Bertz CT molecular complexity index is 1200. The summed E-state index contributed by atoms with van der Waals surface area (Å²) in [6.45, 7) is 1.49. The number of nitrogens with two attached hydrogens (primary N) is 1. The van der Waals surface area contributed by atoms with Gasteiger partial charge in [-0.1, -0.05) is 18.2 Å². The zero-order chi connectivity index (χ0) is 19.3. The molecule has 142 valence electrons. The van der Waals surface area contributed by atoms with Crippen LogP contribution in [0.25, 0.3) is 27.8 Å². The summed E-state index contributed by atoms with van der Waals surface area (Å²) in [4.78, 5) is 16.5. The Kier molecular flexibility index (Phi) is 3.80. The van der Waals surface area contributed by atoms with Crippen molar-refractivity contribution < 1.29 is 9.53 Å². The van der Waals surface area contributed by atoms with Crippen LogP contribution in [0.2, 0.25) is 0 Å². The molecule has 0 aliphatic carbocycles. The molecular weight excluding hydrogens is 356 g/mol. The number of benzene rings is 1. The van der Waals surface area contributed by atoms with Crippen LogP contribution in [0, 0.1) is 0 Å². The van der Waals surface area contributed by atoms with E-state index in [1.165, 1.54) is 6.20 Å². The lowest BCUT2D eigenvalue weighted by Gasteiger charge is -2.11. The number of carbonyl (C=O) groups is 1. The molecule has 1 atom stereocenters. The van der Waals surface area contributed by atoms with Crippen LogP contribution in [0.4, 0.5) is 5.82 Å². The van der Waals surface area contributed by atoms with Crippen molar-refractivity contribution in [3.05, 3.63) is 48.3 Å². The number of anilines is 1. The standard InChI is InChI=1S/C20H20N6O2/c1-22-18-8-16(24-20-14(19(21)27)9-23-26(18)20)15-10-25(12-6-7-28-11-12)17-5-3-2-4-13(15)17/h2-5,8-10,12,22H,6-7,11H2,1H3,(H2,21,27). The normalized spacial score (nSPS) is 16.8. The minimum atomic E-state index is -0.549. The van der Waals surface area contributed by atoms with Gasteiger partial charge in [0.1, 0.15) is 11.4 Å². The molecule has 0 saturated carbocycles. The van der Waals surface area contributed by atoms with Gasteiger partial charge < -0.3 is 20.4 Å². The Balaban J connectivity index is 1.77. The number of primary amides is 1. The van der Waals surface area contributed by atoms with Crippen molar-refractivity contribution in [2.45, 2.75) is 12.5 Å². The summed E-state index contributed by atoms with van der Waals surface area (Å²) in [7, 11) is 1.81. The van der Waals surface area contributed by atoms with E-state index in [-0.39, 0.29) is 0 Å². The van der Waals surface area contributed by atoms with Gasteiger partial charge in [0, 0.05) is 42.4 Å². The van der Waals surface area contributed by atoms with Crippen molar-refractivity contribution in [3.63, 3.8) is 0 Å². The van der Waals surface area contributed by atoms with E-state index in [9.17, 15) is 4.79 Å². The number of hydrogen-bond acceptors (Lipinski definition) is 5. The fourth-order valence-corrected chi connectivity index (χ4v) is 3.91. The molecule has 28 heavy (non-hydrogen) atoms. The molecule has 3 aromatic heterocycles. The maximum Gasteiger partial charge on any atom is 0.254 e. The third-order valence-electron chi connectivity index (χ3n) is 5.31. The number of hydrogen-bond donors (Lipinski definition) is 2. The number of aromatic nitrogens is 4. The van der Waals surface area contributed by atoms with Crippen LogP contribution in [-0.4, -0.2) is 45.3 Å². The van der Waals surface area contributed by atoms with E-state index in [0.29, 0.717) is 23.9 Å². The van der Waals surface area contributed by atoms with Gasteiger partial charge in [0.15, 0.2) is 5.65 Å². The van der Waals surface area contributed by atoms with Gasteiger partial charge in [0.2, 0.25) is 0 Å². The first-order valence-electron chi connectivity index (χ1n) is 9.21. The van der Waals surface area contributed by atoms with E-state index in [0.717, 1.165) is 41.0 Å². The van der Waals surface area contributed by atoms with Crippen molar-refractivity contribution in [1.29, 1.82) is 0 Å². The third-order valence-corrected chi connectivity index (χ3v) is 5.31. The zero-order valence-corrected chi connectivity index (χ0v) is 15.4. The minimum Gasteiger partial charge on any atom is -0.379 e. The first-order chi connectivity index (χ1) is 13.7. The van der Waals surface area contributed by atoms with Crippen molar-refractivity contribution in [2.75, 3.05) is 25.6 Å². The molecule has 1 saturated heterocycles. The lowest BCUT2D eigenvalue weighted by Crippen LogP contribution is -2.11. The molecule has 5 rings (SSSR count). The molecule has 3 N–H and O–H groups in total. The maximum atomic E-state index is 11.8. The van der Waals surface area contributed by atoms with E-state index < -0.39 is 5.91 Å². The fourth-order valence-electron chi connectivity index (χ4n) is 3.91. The second kappa shape index (κ2) is 6.35. The lowest BCUT2D eigenvalue weighted by atomic mass is 10.1. The highest BCUT2D eigenvalue weighted by Gasteiger charge is 2.22. The summed E-state index contributed by atoms with van der Waals surface area (Å²) < 4.78 is 9.45. The molecule has 1 aliphatic heterocycles. The molecule has 4 aromatic rings. The summed E-state index contributed by atoms with van der Waals surface area (Å²) in [6, 6.07) is 10.5. The number of nitrogens with zero attached hydrogens (tertiary/aromatic N) is 4. The predicted octanol–water partition coefficient (Wildman–Crippen LogP) is 2.45. The number of amides is 1. The van der Waals surface area contributed by atoms with Gasteiger partial charge in [0.25, 0.3) is 5.91 Å². The second-order valence-electron chi connectivity index (χ2n) is 6.92. The van der Waals surface area contributed by atoms with Gasteiger partial charge in [-0.15, -0.1) is 0 Å². The first-order valence-corrected chi connectivity index (χ1v) is 9.21. The molecule has 1 fully saturated rings. The van der Waals surface area contributed by atoms with Gasteiger partial charge in [-0.25, -0.2) is 4.98 Å². The summed E-state index contributed by atoms with van der Waals surface area (Å²) in [5.41, 5.74) is 9.15. The molecule has 8 heteroatoms. The van der Waals surface area contributed by atoms with Crippen LogP contribution >= 0.6 is 0 Å². The molecular formula is C20H20N6O2. The molecule has 0 radical (unpaired) electrons. The van der Waals surface area contributed by atoms with Crippen molar-refractivity contribution >= 4 is 28.3 Å². The van der Waals surface area contributed by atoms with Crippen LogP contribution in [0.3, 0.4) is 0 Å². The molecule has 4 heterocycles. The fraction of sp³-hybridized carbons (Fsp3) is 0.250. The molecule has 1 aliphatic rings. The van der Waals surface area contributed by atoms with E-state index in [2.05, 4.69) is 33.3 Å². The van der Waals surface area contributed by atoms with E-state index in [1.807, 2.05) is 25.2 Å². The van der Waals surface area contributed by atoms with E-state index >= 15 is 0 Å². The van der Waals surface area contributed by atoms with Crippen LogP contribution in [0.5, 0.6) is 0 Å². The van der Waals surface area contributed by atoms with Crippen molar-refractivity contribution in [1.82, 2.24) is 19.2 Å². The topological polar surface area (TPSA) is 99.5 Å². The molecule has 1 amide bonds. The smallest absolute Gasteiger partial charge is 0.254 e. The largest absolute Gasteiger partial charge is 0.379 e. The van der Waals surface area contributed by atoms with Crippen LogP contribution in [0.15, 0.2) is 42.7 Å². The summed E-state index contributed by atoms with van der Waals surface area (Å²) in [5, 5.41) is 8.47. The SMILES string of the molecule is CNc1cc(-c2cn(C3CCOC3)c3ccccc23)nc2c(C(N)=O)cnn12. The van der Waals surface area contributed by atoms with Gasteiger partial charge in [-0.2, -0.15) is 9.61 Å². The van der Waals surface area contributed by atoms with Gasteiger partial charge in [0.05, 0.1) is 24.5 Å². The number of carbonyl (C=O) groups excluding carboxylic acids is 1. The quantitative estimate of drug-likeness (QED) is 0.570. The summed E-state index contributed by atoms with van der Waals surface area (Å²) in [6.07, 6.45) is 4.57. The van der Waals surface area contributed by atoms with Crippen molar-refractivity contribution in [3.8, 4) is 11.3 Å². The highest BCUT2D eigenvalue weighted by molar-refractivity contribution is 6.00. The molecule has 0 bridgehead atoms. The Labute approximate surface area is 160 Å². The van der Waals surface area contributed by atoms with Gasteiger partial charge in [-0.3, -0.25) is 4.79 Å². The Morgan fingerprint density at radius 2 is 2.21 bits per heavy atom. The highest BCUT2D eigenvalue weighted by atomic mass is 16.5. The second-order valence-corrected chi connectivity index (χ2v) is 6.92. The molecule has 8 nitrogen and oxygen atoms in total. The number of para-hydroxylation sites is 1. The lowest BCUT2D eigenvalue weighted by molar-refractivity contribution is 0.100. The van der Waals surface area contributed by atoms with Gasteiger partial charge in [-0.05, 0) is 12.5 Å². The Hall–Kier alpha value is -3.39. The van der Waals surface area contributed by atoms with E-state index in [4.69, 9.17) is 15.5 Å². The number of nitrogens with one attached hydrogen (secondary N) is 1. The maximum absolute atomic E-state index is 11.8. The van der Waals surface area contributed by atoms with Crippen molar-refractivity contribution in [2.24, 2.45) is 5.73 Å². The van der Waals surface area contributed by atoms with Crippen LogP contribution in [0.1, 0.15) is 22.8 Å². The molecule has 0 spiro atoms. The zero-order valence-electron chi connectivity index (χ0n) is 15.4. The Morgan fingerprint density at radius 3 is 2.96 bits per heavy atom.